The Morgan fingerprint density at radius 2 is 1.04 bits per heavy atom. The second kappa shape index (κ2) is 36.8. The summed E-state index contributed by atoms with van der Waals surface area (Å²) in [6.45, 7) is 5.74. The SMILES string of the molecule is CC(C)C[C@H](N)C(=O)N[C@@H](CCCN=C(N)N)C(=O)N[C@@H](CCC(N)=O)C(=O)NCC(=O)N[C@@H](CC(=O)O)C(=O)N[C@@H](CC(N)=O)C(=O)N[C@@H](Cc1ccccc1)C(=O)N[C@@H](CCC(=O)O)C(=O)N[C@H](C(=O)N[C@@H](Cc1c[nH]c2ccccc12)C(=O)O)C(C)C. The molecule has 90 heavy (non-hydrogen) atoms. The largest absolute Gasteiger partial charge is 0.481 e. The third-order valence-corrected chi connectivity index (χ3v) is 13.6. The van der Waals surface area contributed by atoms with Crippen LogP contribution in [-0.4, -0.2) is 177 Å². The molecular weight excluding hydrogens is 1180 g/mol. The van der Waals surface area contributed by atoms with Crippen LogP contribution in [0.5, 0.6) is 0 Å². The van der Waals surface area contributed by atoms with Crippen molar-refractivity contribution in [3.05, 3.63) is 71.9 Å². The maximum absolute atomic E-state index is 14.3. The predicted molar refractivity (Wildman–Crippen MR) is 322 cm³/mol. The van der Waals surface area contributed by atoms with Crippen molar-refractivity contribution in [2.24, 2.45) is 45.5 Å². The molecule has 0 unspecified atom stereocenters. The van der Waals surface area contributed by atoms with E-state index in [0.29, 0.717) is 22.0 Å². The molecule has 1 aromatic heterocycles. The van der Waals surface area contributed by atoms with Gasteiger partial charge in [-0.15, -0.1) is 0 Å². The minimum atomic E-state index is -2.06. The van der Waals surface area contributed by atoms with Crippen LogP contribution in [0.25, 0.3) is 10.9 Å². The molecule has 492 valence electrons. The van der Waals surface area contributed by atoms with Gasteiger partial charge in [-0.3, -0.25) is 67.3 Å². The lowest BCUT2D eigenvalue weighted by Gasteiger charge is -2.28. The number of aromatic nitrogens is 1. The molecule has 3 rings (SSSR count). The summed E-state index contributed by atoms with van der Waals surface area (Å²) in [5.41, 5.74) is 29.3. The Morgan fingerprint density at radius 3 is 1.62 bits per heavy atom. The number of hydrogen-bond donors (Lipinski definition) is 18. The lowest BCUT2D eigenvalue weighted by atomic mass is 10.00. The minimum absolute atomic E-state index is 0.000183. The van der Waals surface area contributed by atoms with E-state index in [9.17, 15) is 82.4 Å². The first-order valence-corrected chi connectivity index (χ1v) is 28.7. The molecule has 0 bridgehead atoms. The number of nitrogens with zero attached hydrogens (tertiary/aromatic N) is 1. The molecule has 23 N–H and O–H groups in total. The summed E-state index contributed by atoms with van der Waals surface area (Å²) in [5, 5.41) is 51.3. The molecule has 9 atom stereocenters. The van der Waals surface area contributed by atoms with E-state index in [4.69, 9.17) is 28.7 Å². The van der Waals surface area contributed by atoms with Crippen LogP contribution < -0.4 is 76.5 Å². The maximum atomic E-state index is 14.3. The van der Waals surface area contributed by atoms with Gasteiger partial charge in [0.05, 0.1) is 25.4 Å². The highest BCUT2D eigenvalue weighted by Gasteiger charge is 2.36. The highest BCUT2D eigenvalue weighted by molar-refractivity contribution is 6.00. The van der Waals surface area contributed by atoms with E-state index in [1.807, 2.05) is 13.8 Å². The normalized spacial score (nSPS) is 14.0. The van der Waals surface area contributed by atoms with Crippen LogP contribution in [0.4, 0.5) is 0 Å². The Balaban J connectivity index is 1.85. The van der Waals surface area contributed by atoms with Crippen molar-refractivity contribution >= 4 is 99.7 Å². The molecule has 0 aliphatic rings. The Labute approximate surface area is 516 Å². The van der Waals surface area contributed by atoms with E-state index in [0.717, 1.165) is 0 Å². The van der Waals surface area contributed by atoms with Crippen molar-refractivity contribution in [1.82, 2.24) is 52.8 Å². The van der Waals surface area contributed by atoms with E-state index in [1.165, 1.54) is 13.8 Å². The fourth-order valence-corrected chi connectivity index (χ4v) is 9.01. The van der Waals surface area contributed by atoms with Gasteiger partial charge < -0.3 is 96.8 Å². The number of rotatable bonds is 40. The van der Waals surface area contributed by atoms with E-state index in [2.05, 4.69) is 57.8 Å². The number of carboxylic acid groups (broad SMARTS) is 3. The monoisotopic (exact) mass is 1260 g/mol. The van der Waals surface area contributed by atoms with Crippen molar-refractivity contribution in [1.29, 1.82) is 0 Å². The Hall–Kier alpha value is -10.2. The summed E-state index contributed by atoms with van der Waals surface area (Å²) in [6, 6.07) is 0.508. The number of aromatic amines is 1. The Bertz CT molecular complexity index is 3080. The molecule has 0 radical (unpaired) electrons. The lowest BCUT2D eigenvalue weighted by Crippen LogP contribution is -2.61. The molecule has 33 nitrogen and oxygen atoms in total. The number of primary amides is 2. The third kappa shape index (κ3) is 26.4. The molecular formula is C57H82N16O17. The van der Waals surface area contributed by atoms with Crippen LogP contribution in [0, 0.1) is 11.8 Å². The quantitative estimate of drug-likeness (QED) is 0.0145. The number of hydrogen-bond acceptors (Lipinski definition) is 16. The molecule has 11 amide bonds. The molecule has 3 aromatic rings. The van der Waals surface area contributed by atoms with Gasteiger partial charge in [-0.05, 0) is 61.1 Å². The number of nitrogens with two attached hydrogens (primary N) is 5. The van der Waals surface area contributed by atoms with Crippen LogP contribution in [0.3, 0.4) is 0 Å². The van der Waals surface area contributed by atoms with Crippen LogP contribution in [0.2, 0.25) is 0 Å². The van der Waals surface area contributed by atoms with Gasteiger partial charge in [0.2, 0.25) is 65.0 Å². The molecule has 1 heterocycles. The summed E-state index contributed by atoms with van der Waals surface area (Å²) in [7, 11) is 0. The zero-order chi connectivity index (χ0) is 67.4. The number of carbonyl (C=O) groups excluding carboxylic acids is 11. The summed E-state index contributed by atoms with van der Waals surface area (Å²) < 4.78 is 0. The van der Waals surface area contributed by atoms with E-state index in [1.54, 1.807) is 60.8 Å². The van der Waals surface area contributed by atoms with Crippen molar-refractivity contribution in [3.63, 3.8) is 0 Å². The second-order valence-corrected chi connectivity index (χ2v) is 21.9. The number of aliphatic imine (C=N–C) groups is 1. The molecule has 0 aliphatic carbocycles. The highest BCUT2D eigenvalue weighted by Crippen LogP contribution is 2.20. The summed E-state index contributed by atoms with van der Waals surface area (Å²) in [6.07, 6.45) is -2.97. The smallest absolute Gasteiger partial charge is 0.326 e. The van der Waals surface area contributed by atoms with Gasteiger partial charge in [0, 0.05) is 49.3 Å². The molecule has 2 aromatic carbocycles. The fourth-order valence-electron chi connectivity index (χ4n) is 9.01. The fraction of sp³-hybridized carbons (Fsp3) is 0.491. The number of aliphatic carboxylic acids is 3. The number of nitrogens with one attached hydrogen (secondary N) is 10. The standard InChI is InChI=1S/C57H82N16O17/c1-28(2)21-33(58)48(81)67-35(15-10-20-63-57(61)62)50(83)68-36(16-18-42(59)74)49(82)65-27-44(76)66-40(25-46(79)80)54(87)71-39(24-43(60)75)53(86)70-38(22-30-11-6-5-7-12-30)52(85)69-37(17-19-45(77)78)51(84)73-47(29(3)4)55(88)72-41(56(89)90)23-31-26-64-34-14-9-8-13-32(31)34/h5-9,11-14,26,28-29,33,35-41,47,64H,10,15-25,27,58H2,1-4H3,(H2,59,74)(H2,60,75)(H,65,82)(H,66,76)(H,67,81)(H,68,83)(H,69,85)(H,70,86)(H,71,87)(H,72,88)(H,73,84)(H,77,78)(H,79,80)(H,89,90)(H4,61,62,63)/t33-,35-,36-,37-,38-,39-,40-,41-,47-/m0/s1. The van der Waals surface area contributed by atoms with Gasteiger partial charge in [-0.1, -0.05) is 76.2 Å². The molecule has 0 aliphatic heterocycles. The number of H-pyrrole nitrogens is 1. The van der Waals surface area contributed by atoms with Gasteiger partial charge in [0.25, 0.3) is 0 Å². The minimum Gasteiger partial charge on any atom is -0.481 e. The number of amides is 11. The molecule has 0 fully saturated rings. The molecule has 0 saturated carbocycles. The maximum Gasteiger partial charge on any atom is 0.326 e. The first kappa shape index (κ1) is 74.0. The number of para-hydroxylation sites is 1. The van der Waals surface area contributed by atoms with Crippen molar-refractivity contribution in [3.8, 4) is 0 Å². The summed E-state index contributed by atoms with van der Waals surface area (Å²) >= 11 is 0. The predicted octanol–water partition coefficient (Wildman–Crippen LogP) is -4.40. The Kier molecular flexibility index (Phi) is 30.3. The van der Waals surface area contributed by atoms with Crippen molar-refractivity contribution < 1.29 is 82.4 Å². The zero-order valence-corrected chi connectivity index (χ0v) is 50.2. The van der Waals surface area contributed by atoms with Gasteiger partial charge in [0.15, 0.2) is 5.96 Å². The van der Waals surface area contributed by atoms with Crippen LogP contribution >= 0.6 is 0 Å². The van der Waals surface area contributed by atoms with Gasteiger partial charge in [-0.25, -0.2) is 4.79 Å². The summed E-state index contributed by atoms with van der Waals surface area (Å²) in [5.74, 6) is -17.3. The van der Waals surface area contributed by atoms with E-state index < -0.39 is 188 Å². The van der Waals surface area contributed by atoms with Crippen molar-refractivity contribution in [2.45, 2.75) is 153 Å². The summed E-state index contributed by atoms with van der Waals surface area (Å²) in [4.78, 5) is 191. The van der Waals surface area contributed by atoms with Crippen LogP contribution in [0.15, 0.2) is 65.8 Å². The first-order valence-electron chi connectivity index (χ1n) is 28.7. The zero-order valence-electron chi connectivity index (χ0n) is 50.2. The number of fused-ring (bicyclic) bond motifs is 1. The van der Waals surface area contributed by atoms with Gasteiger partial charge >= 0.3 is 17.9 Å². The first-order chi connectivity index (χ1) is 42.3. The number of guanidine groups is 1. The third-order valence-electron chi connectivity index (χ3n) is 13.6. The highest BCUT2D eigenvalue weighted by atomic mass is 16.4. The van der Waals surface area contributed by atoms with E-state index >= 15 is 0 Å². The number of carboxylic acids is 3. The molecule has 33 heteroatoms. The van der Waals surface area contributed by atoms with Crippen LogP contribution in [0.1, 0.15) is 96.6 Å². The van der Waals surface area contributed by atoms with Crippen LogP contribution in [-0.2, 0) is 80.0 Å². The second-order valence-electron chi connectivity index (χ2n) is 21.9. The molecule has 0 spiro atoms. The topological polar surface area (TPSA) is 566 Å². The number of benzene rings is 2. The average molecular weight is 1260 g/mol. The van der Waals surface area contributed by atoms with Crippen molar-refractivity contribution in [2.75, 3.05) is 13.1 Å². The average Bonchev–Trinajstić information content (AvgIpc) is 2.78. The number of carbonyl (C=O) groups is 14. The Morgan fingerprint density at radius 1 is 0.522 bits per heavy atom. The van der Waals surface area contributed by atoms with Gasteiger partial charge in [-0.2, -0.15) is 0 Å². The molecule has 0 saturated heterocycles. The van der Waals surface area contributed by atoms with E-state index in [-0.39, 0.29) is 50.5 Å². The van der Waals surface area contributed by atoms with Gasteiger partial charge in [0.1, 0.15) is 48.3 Å². The lowest BCUT2D eigenvalue weighted by molar-refractivity contribution is -0.142.